The van der Waals surface area contributed by atoms with Gasteiger partial charge in [0, 0.05) is 36.8 Å². The SMILES string of the molecule is CC#CC[C@@H](C)[C@H](O)/C=C/[C@@H]1[C@H]2c3cccc(OCCCN(C)C)c3O[C@H]2C[C@H]1O. The number of fused-ring (bicyclic) bond motifs is 3. The molecule has 0 saturated heterocycles. The number of ether oxygens (including phenoxy) is 2. The third-order valence-electron chi connectivity index (χ3n) is 6.09. The van der Waals surface area contributed by atoms with E-state index in [4.69, 9.17) is 9.47 Å². The highest BCUT2D eigenvalue weighted by Gasteiger charge is 2.49. The number of para-hydroxylation sites is 1. The Hall–Kier alpha value is -2.00. The number of rotatable bonds is 9. The summed E-state index contributed by atoms with van der Waals surface area (Å²) < 4.78 is 12.2. The summed E-state index contributed by atoms with van der Waals surface area (Å²) >= 11 is 0. The Balaban J connectivity index is 1.70. The lowest BCUT2D eigenvalue weighted by molar-refractivity contribution is 0.132. The Labute approximate surface area is 180 Å². The molecular weight excluding hydrogens is 378 g/mol. The predicted molar refractivity (Wildman–Crippen MR) is 119 cm³/mol. The van der Waals surface area contributed by atoms with Gasteiger partial charge in [0.25, 0.3) is 0 Å². The van der Waals surface area contributed by atoms with E-state index in [-0.39, 0.29) is 23.9 Å². The number of aliphatic hydroxyl groups excluding tert-OH is 2. The van der Waals surface area contributed by atoms with Crippen molar-refractivity contribution in [2.75, 3.05) is 27.2 Å². The molecule has 0 radical (unpaired) electrons. The first-order valence-electron chi connectivity index (χ1n) is 10.9. The van der Waals surface area contributed by atoms with Crippen LogP contribution in [-0.2, 0) is 0 Å². The number of hydrogen-bond acceptors (Lipinski definition) is 5. The Morgan fingerprint density at radius 1 is 1.37 bits per heavy atom. The zero-order valence-corrected chi connectivity index (χ0v) is 18.5. The van der Waals surface area contributed by atoms with Crippen LogP contribution in [0.2, 0.25) is 0 Å². The normalized spacial score (nSPS) is 26.6. The zero-order valence-electron chi connectivity index (χ0n) is 18.5. The Morgan fingerprint density at radius 2 is 2.17 bits per heavy atom. The first kappa shape index (κ1) is 22.7. The van der Waals surface area contributed by atoms with Gasteiger partial charge in [-0.05, 0) is 39.4 Å². The van der Waals surface area contributed by atoms with Crippen molar-refractivity contribution in [3.63, 3.8) is 0 Å². The average Bonchev–Trinajstić information content (AvgIpc) is 3.22. The van der Waals surface area contributed by atoms with Crippen molar-refractivity contribution in [3.05, 3.63) is 35.9 Å². The molecule has 3 rings (SSSR count). The molecule has 0 spiro atoms. The van der Waals surface area contributed by atoms with E-state index >= 15 is 0 Å². The van der Waals surface area contributed by atoms with E-state index in [1.165, 1.54) is 0 Å². The minimum Gasteiger partial charge on any atom is -0.490 e. The van der Waals surface area contributed by atoms with Crippen molar-refractivity contribution in [1.82, 2.24) is 4.90 Å². The molecule has 0 bridgehead atoms. The van der Waals surface area contributed by atoms with E-state index in [0.717, 1.165) is 30.0 Å². The molecule has 30 heavy (non-hydrogen) atoms. The maximum atomic E-state index is 10.6. The third-order valence-corrected chi connectivity index (χ3v) is 6.09. The van der Waals surface area contributed by atoms with Crippen LogP contribution in [0.1, 0.15) is 44.6 Å². The molecule has 164 valence electrons. The molecular formula is C25H35NO4. The number of aliphatic hydroxyl groups is 2. The lowest BCUT2D eigenvalue weighted by Gasteiger charge is -2.19. The molecule has 0 amide bonds. The smallest absolute Gasteiger partial charge is 0.165 e. The summed E-state index contributed by atoms with van der Waals surface area (Å²) in [5.74, 6) is 7.54. The summed E-state index contributed by atoms with van der Waals surface area (Å²) in [6.07, 6.45) is 4.86. The highest BCUT2D eigenvalue weighted by molar-refractivity contribution is 5.53. The largest absolute Gasteiger partial charge is 0.490 e. The maximum Gasteiger partial charge on any atom is 0.165 e. The fraction of sp³-hybridized carbons (Fsp3) is 0.600. The Bertz CT molecular complexity index is 794. The van der Waals surface area contributed by atoms with Gasteiger partial charge in [0.2, 0.25) is 0 Å². The van der Waals surface area contributed by atoms with Gasteiger partial charge in [-0.1, -0.05) is 31.2 Å². The molecule has 6 atom stereocenters. The maximum absolute atomic E-state index is 10.6. The number of hydrogen-bond donors (Lipinski definition) is 2. The Morgan fingerprint density at radius 3 is 2.90 bits per heavy atom. The topological polar surface area (TPSA) is 62.2 Å². The van der Waals surface area contributed by atoms with E-state index in [9.17, 15) is 10.2 Å². The van der Waals surface area contributed by atoms with Crippen LogP contribution in [0, 0.1) is 23.7 Å². The van der Waals surface area contributed by atoms with Gasteiger partial charge < -0.3 is 24.6 Å². The van der Waals surface area contributed by atoms with Crippen LogP contribution in [0.5, 0.6) is 11.5 Å². The molecule has 1 fully saturated rings. The highest BCUT2D eigenvalue weighted by Crippen LogP contribution is 2.53. The van der Waals surface area contributed by atoms with Gasteiger partial charge >= 0.3 is 0 Å². The predicted octanol–water partition coefficient (Wildman–Crippen LogP) is 3.21. The molecule has 5 nitrogen and oxygen atoms in total. The van der Waals surface area contributed by atoms with Crippen LogP contribution in [-0.4, -0.2) is 60.7 Å². The molecule has 1 aromatic rings. The quantitative estimate of drug-likeness (QED) is 0.370. The summed E-state index contributed by atoms with van der Waals surface area (Å²) in [6, 6.07) is 6.02. The molecule has 2 N–H and O–H groups in total. The van der Waals surface area contributed by atoms with Crippen LogP contribution in [0.4, 0.5) is 0 Å². The van der Waals surface area contributed by atoms with Crippen LogP contribution in [0.25, 0.3) is 0 Å². The molecule has 1 heterocycles. The molecule has 2 aliphatic rings. The fourth-order valence-electron chi connectivity index (χ4n) is 4.37. The van der Waals surface area contributed by atoms with Crippen molar-refractivity contribution in [1.29, 1.82) is 0 Å². The average molecular weight is 414 g/mol. The van der Waals surface area contributed by atoms with Gasteiger partial charge in [-0.25, -0.2) is 0 Å². The van der Waals surface area contributed by atoms with Crippen molar-refractivity contribution in [2.45, 2.75) is 57.3 Å². The number of nitrogens with zero attached hydrogens (tertiary/aromatic N) is 1. The molecule has 1 saturated carbocycles. The van der Waals surface area contributed by atoms with E-state index in [0.29, 0.717) is 19.4 Å². The molecule has 1 aromatic carbocycles. The second-order valence-electron chi connectivity index (χ2n) is 8.73. The fourth-order valence-corrected chi connectivity index (χ4v) is 4.37. The van der Waals surface area contributed by atoms with Gasteiger partial charge in [0.05, 0.1) is 18.8 Å². The molecule has 0 unspecified atom stereocenters. The van der Waals surface area contributed by atoms with Crippen molar-refractivity contribution < 1.29 is 19.7 Å². The second-order valence-corrected chi connectivity index (χ2v) is 8.73. The highest BCUT2D eigenvalue weighted by atomic mass is 16.5. The van der Waals surface area contributed by atoms with E-state index in [1.807, 2.05) is 38.1 Å². The van der Waals surface area contributed by atoms with Crippen molar-refractivity contribution in [2.24, 2.45) is 11.8 Å². The summed E-state index contributed by atoms with van der Waals surface area (Å²) in [7, 11) is 4.11. The third kappa shape index (κ3) is 5.18. The Kier molecular flexibility index (Phi) is 7.82. The van der Waals surface area contributed by atoms with Gasteiger partial charge in [-0.3, -0.25) is 0 Å². The zero-order chi connectivity index (χ0) is 21.7. The molecule has 5 heteroatoms. The summed E-state index contributed by atoms with van der Waals surface area (Å²) in [5.41, 5.74) is 1.09. The van der Waals surface area contributed by atoms with Crippen LogP contribution < -0.4 is 9.47 Å². The van der Waals surface area contributed by atoms with E-state index < -0.39 is 12.2 Å². The second kappa shape index (κ2) is 10.3. The summed E-state index contributed by atoms with van der Waals surface area (Å²) in [6.45, 7) is 5.41. The van der Waals surface area contributed by atoms with E-state index in [2.05, 4.69) is 36.9 Å². The lowest BCUT2D eigenvalue weighted by atomic mass is 9.87. The van der Waals surface area contributed by atoms with Crippen LogP contribution in [0.3, 0.4) is 0 Å². The van der Waals surface area contributed by atoms with E-state index in [1.54, 1.807) is 0 Å². The first-order valence-corrected chi connectivity index (χ1v) is 10.9. The molecule has 0 aromatic heterocycles. The molecule has 1 aliphatic heterocycles. The van der Waals surface area contributed by atoms with Gasteiger partial charge in [-0.15, -0.1) is 11.8 Å². The van der Waals surface area contributed by atoms with Gasteiger partial charge in [-0.2, -0.15) is 0 Å². The van der Waals surface area contributed by atoms with Crippen molar-refractivity contribution in [3.8, 4) is 23.3 Å². The van der Waals surface area contributed by atoms with Gasteiger partial charge in [0.1, 0.15) is 6.10 Å². The minimum atomic E-state index is -0.578. The monoisotopic (exact) mass is 413 g/mol. The first-order chi connectivity index (χ1) is 14.4. The summed E-state index contributed by atoms with van der Waals surface area (Å²) in [5, 5.41) is 21.1. The lowest BCUT2D eigenvalue weighted by Crippen LogP contribution is -2.19. The van der Waals surface area contributed by atoms with Crippen molar-refractivity contribution >= 4 is 0 Å². The van der Waals surface area contributed by atoms with Gasteiger partial charge in [0.15, 0.2) is 11.5 Å². The summed E-state index contributed by atoms with van der Waals surface area (Å²) in [4.78, 5) is 2.14. The van der Waals surface area contributed by atoms with Crippen LogP contribution >= 0.6 is 0 Å². The molecule has 1 aliphatic carbocycles. The standard InChI is InChI=1S/C25H35NO4/c1-5-6-9-17(2)20(27)13-12-18-21(28)16-23-24(18)19-10-7-11-22(25(19)30-23)29-15-8-14-26(3)4/h7,10-13,17-18,20-21,23-24,27-28H,8-9,14-16H2,1-4H3/b13-12+/t17-,18+,20-,21-,23+,24+/m1/s1. The van der Waals surface area contributed by atoms with Crippen LogP contribution in [0.15, 0.2) is 30.4 Å². The number of benzene rings is 1. The minimum absolute atomic E-state index is 0.0531.